The third kappa shape index (κ3) is 8.54. The number of hydrogen-bond donors (Lipinski definition) is 1. The van der Waals surface area contributed by atoms with Crippen molar-refractivity contribution in [3.63, 3.8) is 0 Å². The standard InChI is InChI=1S/C30H35Cl4N5O4/c1-18-29(41)39(17-28(40)35-18)23-6-9-38(10-7-23)11-8-24(19-4-5-25(33)26(34)14-19)27(36-43-3)16-37(2)30(42)20-12-21(31)15-22(32)13-20/h4-5,12-15,18,23-24H,6-11,16-17H2,1-3H3,(H,35,40)/b36-27+/t18-,24?/m1/s1. The Morgan fingerprint density at radius 1 is 1.07 bits per heavy atom. The second-order valence-electron chi connectivity index (χ2n) is 10.9. The van der Waals surface area contributed by atoms with Gasteiger partial charge in [-0.25, -0.2) is 0 Å². The normalized spacial score (nSPS) is 19.3. The van der Waals surface area contributed by atoms with Gasteiger partial charge in [-0.05, 0) is 68.6 Å². The number of halogens is 4. The maximum Gasteiger partial charge on any atom is 0.254 e. The van der Waals surface area contributed by atoms with E-state index in [-0.39, 0.29) is 42.8 Å². The van der Waals surface area contributed by atoms with Crippen LogP contribution in [-0.4, -0.2) is 97.1 Å². The van der Waals surface area contributed by atoms with Crippen molar-refractivity contribution in [2.24, 2.45) is 5.16 Å². The zero-order valence-electron chi connectivity index (χ0n) is 24.3. The van der Waals surface area contributed by atoms with Crippen molar-refractivity contribution in [2.75, 3.05) is 46.9 Å². The summed E-state index contributed by atoms with van der Waals surface area (Å²) >= 11 is 24.9. The number of nitrogens with one attached hydrogen (secondary N) is 1. The van der Waals surface area contributed by atoms with Crippen LogP contribution in [0.2, 0.25) is 20.1 Å². The minimum Gasteiger partial charge on any atom is -0.399 e. The summed E-state index contributed by atoms with van der Waals surface area (Å²) in [5.41, 5.74) is 1.90. The van der Waals surface area contributed by atoms with Crippen LogP contribution in [0.15, 0.2) is 41.6 Å². The van der Waals surface area contributed by atoms with Crippen LogP contribution in [0.25, 0.3) is 0 Å². The minimum absolute atomic E-state index is 0.0307. The lowest BCUT2D eigenvalue weighted by Gasteiger charge is -2.41. The predicted octanol–water partition coefficient (Wildman–Crippen LogP) is 5.36. The highest BCUT2D eigenvalue weighted by atomic mass is 35.5. The summed E-state index contributed by atoms with van der Waals surface area (Å²) in [4.78, 5) is 48.9. The third-order valence-electron chi connectivity index (χ3n) is 7.89. The van der Waals surface area contributed by atoms with E-state index in [1.54, 1.807) is 48.0 Å². The number of carbonyl (C=O) groups excluding carboxylic acids is 3. The molecule has 0 radical (unpaired) electrons. The zero-order valence-corrected chi connectivity index (χ0v) is 27.3. The van der Waals surface area contributed by atoms with Gasteiger partial charge in [0.2, 0.25) is 11.8 Å². The maximum absolute atomic E-state index is 13.3. The molecule has 2 fully saturated rings. The molecule has 43 heavy (non-hydrogen) atoms. The lowest BCUT2D eigenvalue weighted by Crippen LogP contribution is -2.61. The molecular weight excluding hydrogens is 636 g/mol. The molecule has 2 aliphatic heterocycles. The molecule has 2 atom stereocenters. The Hall–Kier alpha value is -2.56. The van der Waals surface area contributed by atoms with Crippen LogP contribution in [0.3, 0.4) is 0 Å². The number of likely N-dealkylation sites (tertiary alicyclic amines) is 1. The Kier molecular flexibility index (Phi) is 11.6. The largest absolute Gasteiger partial charge is 0.399 e. The van der Waals surface area contributed by atoms with Gasteiger partial charge in [-0.15, -0.1) is 0 Å². The van der Waals surface area contributed by atoms with Gasteiger partial charge in [-0.2, -0.15) is 0 Å². The molecule has 0 bridgehead atoms. The lowest BCUT2D eigenvalue weighted by atomic mass is 9.89. The number of hydrogen-bond acceptors (Lipinski definition) is 6. The lowest BCUT2D eigenvalue weighted by molar-refractivity contribution is -0.147. The van der Waals surface area contributed by atoms with Crippen molar-refractivity contribution in [2.45, 2.75) is 44.2 Å². The summed E-state index contributed by atoms with van der Waals surface area (Å²) in [6, 6.07) is 9.73. The van der Waals surface area contributed by atoms with Gasteiger partial charge >= 0.3 is 0 Å². The number of oxime groups is 1. The van der Waals surface area contributed by atoms with E-state index >= 15 is 0 Å². The molecule has 13 heteroatoms. The Morgan fingerprint density at radius 3 is 2.37 bits per heavy atom. The Labute approximate surface area is 272 Å². The molecule has 1 N–H and O–H groups in total. The number of piperidine rings is 1. The van der Waals surface area contributed by atoms with Crippen molar-refractivity contribution < 1.29 is 19.2 Å². The first-order valence-corrected chi connectivity index (χ1v) is 15.6. The van der Waals surface area contributed by atoms with Crippen LogP contribution in [0.5, 0.6) is 0 Å². The Morgan fingerprint density at radius 2 is 1.74 bits per heavy atom. The first kappa shape index (κ1) is 33.3. The summed E-state index contributed by atoms with van der Waals surface area (Å²) < 4.78 is 0. The third-order valence-corrected chi connectivity index (χ3v) is 9.06. The molecule has 232 valence electrons. The van der Waals surface area contributed by atoms with Gasteiger partial charge in [-0.3, -0.25) is 14.4 Å². The van der Waals surface area contributed by atoms with Gasteiger partial charge in [0, 0.05) is 47.7 Å². The number of piperazine rings is 1. The monoisotopic (exact) mass is 669 g/mol. The second kappa shape index (κ2) is 14.9. The first-order chi connectivity index (χ1) is 20.5. The van der Waals surface area contributed by atoms with Gasteiger partial charge in [0.15, 0.2) is 0 Å². The molecule has 4 rings (SSSR count). The van der Waals surface area contributed by atoms with Crippen molar-refractivity contribution in [1.82, 2.24) is 20.0 Å². The SMILES string of the molecule is CO/N=C(\CN(C)C(=O)c1cc(Cl)cc(Cl)c1)C(CCN1CCC(N2CC(=O)N[C@H](C)C2=O)CC1)c1ccc(Cl)c(Cl)c1. The Bertz CT molecular complexity index is 1360. The van der Waals surface area contributed by atoms with Crippen LogP contribution < -0.4 is 5.32 Å². The van der Waals surface area contributed by atoms with E-state index in [4.69, 9.17) is 51.2 Å². The van der Waals surface area contributed by atoms with Crippen LogP contribution in [0, 0.1) is 0 Å². The van der Waals surface area contributed by atoms with Crippen LogP contribution in [0.1, 0.15) is 48.0 Å². The fraction of sp³-hybridized carbons (Fsp3) is 0.467. The molecule has 0 aromatic heterocycles. The first-order valence-electron chi connectivity index (χ1n) is 14.1. The van der Waals surface area contributed by atoms with E-state index in [2.05, 4.69) is 15.4 Å². The average molecular weight is 671 g/mol. The number of nitrogens with zero attached hydrogens (tertiary/aromatic N) is 4. The molecule has 0 spiro atoms. The second-order valence-corrected chi connectivity index (χ2v) is 12.6. The van der Waals surface area contributed by atoms with E-state index < -0.39 is 6.04 Å². The predicted molar refractivity (Wildman–Crippen MR) is 170 cm³/mol. The topological polar surface area (TPSA) is 94.6 Å². The molecule has 2 aromatic carbocycles. The van der Waals surface area contributed by atoms with E-state index in [0.717, 1.165) is 38.0 Å². The zero-order chi connectivity index (χ0) is 31.3. The maximum atomic E-state index is 13.3. The number of benzene rings is 2. The fourth-order valence-electron chi connectivity index (χ4n) is 5.69. The van der Waals surface area contributed by atoms with Crippen LogP contribution >= 0.6 is 46.4 Å². The number of carbonyl (C=O) groups is 3. The van der Waals surface area contributed by atoms with Gasteiger partial charge < -0.3 is 24.9 Å². The van der Waals surface area contributed by atoms with Crippen molar-refractivity contribution in [1.29, 1.82) is 0 Å². The van der Waals surface area contributed by atoms with E-state index in [1.807, 2.05) is 12.1 Å². The van der Waals surface area contributed by atoms with Crippen molar-refractivity contribution in [3.8, 4) is 0 Å². The molecule has 0 aliphatic carbocycles. The summed E-state index contributed by atoms with van der Waals surface area (Å²) in [5, 5.41) is 8.66. The number of amides is 3. The molecule has 2 aliphatic rings. The molecule has 3 amide bonds. The minimum atomic E-state index is -0.495. The highest BCUT2D eigenvalue weighted by Gasteiger charge is 2.36. The van der Waals surface area contributed by atoms with Gasteiger partial charge in [0.05, 0.1) is 28.8 Å². The van der Waals surface area contributed by atoms with E-state index in [9.17, 15) is 14.4 Å². The summed E-state index contributed by atoms with van der Waals surface area (Å²) in [6.45, 7) is 4.30. The molecular formula is C30H35Cl4N5O4. The molecule has 9 nitrogen and oxygen atoms in total. The highest BCUT2D eigenvalue weighted by molar-refractivity contribution is 6.42. The van der Waals surface area contributed by atoms with Crippen LogP contribution in [0.4, 0.5) is 0 Å². The Balaban J connectivity index is 1.48. The molecule has 1 unspecified atom stereocenters. The van der Waals surface area contributed by atoms with Gasteiger partial charge in [0.25, 0.3) is 5.91 Å². The summed E-state index contributed by atoms with van der Waals surface area (Å²) in [6.07, 6.45) is 2.22. The average Bonchev–Trinajstić information content (AvgIpc) is 2.96. The van der Waals surface area contributed by atoms with E-state index in [1.165, 1.54) is 7.11 Å². The quantitative estimate of drug-likeness (QED) is 0.271. The van der Waals surface area contributed by atoms with Gasteiger partial charge in [0.1, 0.15) is 13.2 Å². The molecule has 0 saturated carbocycles. The summed E-state index contributed by atoms with van der Waals surface area (Å²) in [5.74, 6) is -0.653. The number of rotatable bonds is 10. The summed E-state index contributed by atoms with van der Waals surface area (Å²) in [7, 11) is 3.15. The molecule has 2 aromatic rings. The van der Waals surface area contributed by atoms with E-state index in [0.29, 0.717) is 37.8 Å². The highest BCUT2D eigenvalue weighted by Crippen LogP contribution is 2.31. The smallest absolute Gasteiger partial charge is 0.254 e. The van der Waals surface area contributed by atoms with Crippen molar-refractivity contribution >= 4 is 69.8 Å². The van der Waals surface area contributed by atoms with Gasteiger partial charge in [-0.1, -0.05) is 57.6 Å². The van der Waals surface area contributed by atoms with Crippen LogP contribution in [-0.2, 0) is 14.4 Å². The van der Waals surface area contributed by atoms with Crippen molar-refractivity contribution in [3.05, 3.63) is 67.6 Å². The fourth-order valence-corrected chi connectivity index (χ4v) is 6.53. The molecule has 2 heterocycles. The molecule has 2 saturated heterocycles.